The monoisotopic (exact) mass is 226 g/mol. The first kappa shape index (κ1) is 13.1. The van der Waals surface area contributed by atoms with Gasteiger partial charge in [0.05, 0.1) is 5.69 Å². The van der Waals surface area contributed by atoms with Crippen LogP contribution in [-0.4, -0.2) is 46.6 Å². The Hall–Kier alpha value is -0.980. The number of rotatable bonds is 8. The highest BCUT2D eigenvalue weighted by molar-refractivity contribution is 4.91. The van der Waals surface area contributed by atoms with Gasteiger partial charge in [-0.1, -0.05) is 5.21 Å². The fourth-order valence-corrected chi connectivity index (χ4v) is 1.49. The maximum Gasteiger partial charge on any atom is 0.0967 e. The van der Waals surface area contributed by atoms with E-state index in [9.17, 15) is 0 Å². The second-order valence-corrected chi connectivity index (χ2v) is 4.00. The predicted molar refractivity (Wildman–Crippen MR) is 63.7 cm³/mol. The molecule has 0 bridgehead atoms. The van der Waals surface area contributed by atoms with Crippen molar-refractivity contribution in [3.63, 3.8) is 0 Å². The van der Waals surface area contributed by atoms with Crippen LogP contribution in [0.5, 0.6) is 0 Å². The molecule has 1 aromatic heterocycles. The van der Waals surface area contributed by atoms with E-state index < -0.39 is 0 Å². The molecule has 6 heteroatoms. The van der Waals surface area contributed by atoms with Crippen LogP contribution in [0.15, 0.2) is 6.20 Å². The first-order valence-electron chi connectivity index (χ1n) is 5.74. The summed E-state index contributed by atoms with van der Waals surface area (Å²) in [5.41, 5.74) is 11.9. The number of aromatic nitrogens is 3. The molecule has 1 rings (SSSR count). The zero-order chi connectivity index (χ0) is 11.8. The van der Waals surface area contributed by atoms with Gasteiger partial charge >= 0.3 is 0 Å². The van der Waals surface area contributed by atoms with E-state index in [-0.39, 0.29) is 0 Å². The van der Waals surface area contributed by atoms with E-state index in [2.05, 4.69) is 22.3 Å². The zero-order valence-electron chi connectivity index (χ0n) is 9.97. The molecular weight excluding hydrogens is 204 g/mol. The van der Waals surface area contributed by atoms with Crippen LogP contribution in [0, 0.1) is 0 Å². The molecule has 0 fully saturated rings. The molecule has 92 valence electrons. The van der Waals surface area contributed by atoms with Crippen molar-refractivity contribution in [1.29, 1.82) is 0 Å². The van der Waals surface area contributed by atoms with Gasteiger partial charge in [-0.05, 0) is 39.5 Å². The number of hydrogen-bond donors (Lipinski definition) is 2. The smallest absolute Gasteiger partial charge is 0.0967 e. The number of hydrogen-bond acceptors (Lipinski definition) is 5. The highest BCUT2D eigenvalue weighted by atomic mass is 15.4. The van der Waals surface area contributed by atoms with Crippen molar-refractivity contribution >= 4 is 0 Å². The number of nitrogens with two attached hydrogens (primary N) is 2. The Morgan fingerprint density at radius 3 is 2.75 bits per heavy atom. The summed E-state index contributed by atoms with van der Waals surface area (Å²) in [7, 11) is 2.06. The normalized spacial score (nSPS) is 11.2. The lowest BCUT2D eigenvalue weighted by Gasteiger charge is -2.13. The van der Waals surface area contributed by atoms with Crippen molar-refractivity contribution in [2.45, 2.75) is 25.9 Å². The molecule has 1 heterocycles. The number of nitrogens with zero attached hydrogens (tertiary/aromatic N) is 4. The first-order chi connectivity index (χ1) is 7.76. The average Bonchev–Trinajstić information content (AvgIpc) is 2.71. The lowest BCUT2D eigenvalue weighted by molar-refractivity contribution is 0.320. The molecule has 0 spiro atoms. The molecule has 0 aliphatic heterocycles. The molecule has 0 aliphatic carbocycles. The maximum atomic E-state index is 5.46. The molecule has 0 amide bonds. The van der Waals surface area contributed by atoms with Gasteiger partial charge in [-0.3, -0.25) is 4.68 Å². The van der Waals surface area contributed by atoms with Crippen molar-refractivity contribution in [2.24, 2.45) is 11.5 Å². The summed E-state index contributed by atoms with van der Waals surface area (Å²) in [5, 5.41) is 8.16. The van der Waals surface area contributed by atoms with Crippen LogP contribution in [0.1, 0.15) is 18.5 Å². The maximum absolute atomic E-state index is 5.46. The van der Waals surface area contributed by atoms with E-state index in [0.29, 0.717) is 6.54 Å². The SMILES string of the molecule is CN(CCCN)Cc1cn(CCCN)nn1. The predicted octanol–water partition coefficient (Wildman–Crippen LogP) is -0.592. The molecule has 4 N–H and O–H groups in total. The van der Waals surface area contributed by atoms with Gasteiger partial charge in [0, 0.05) is 19.3 Å². The molecule has 0 saturated heterocycles. The van der Waals surface area contributed by atoms with Gasteiger partial charge in [-0.15, -0.1) is 5.10 Å². The second kappa shape index (κ2) is 7.32. The van der Waals surface area contributed by atoms with Crippen molar-refractivity contribution in [1.82, 2.24) is 19.9 Å². The largest absolute Gasteiger partial charge is 0.330 e. The van der Waals surface area contributed by atoms with Gasteiger partial charge in [0.15, 0.2) is 0 Å². The van der Waals surface area contributed by atoms with Crippen LogP contribution in [0.3, 0.4) is 0 Å². The number of aryl methyl sites for hydroxylation is 1. The zero-order valence-corrected chi connectivity index (χ0v) is 9.97. The summed E-state index contributed by atoms with van der Waals surface area (Å²) >= 11 is 0. The third-order valence-corrected chi connectivity index (χ3v) is 2.35. The third kappa shape index (κ3) is 4.69. The van der Waals surface area contributed by atoms with E-state index in [0.717, 1.165) is 44.7 Å². The minimum absolute atomic E-state index is 0.686. The summed E-state index contributed by atoms with van der Waals surface area (Å²) < 4.78 is 1.85. The van der Waals surface area contributed by atoms with Crippen molar-refractivity contribution in [2.75, 3.05) is 26.7 Å². The fraction of sp³-hybridized carbons (Fsp3) is 0.800. The van der Waals surface area contributed by atoms with E-state index >= 15 is 0 Å². The van der Waals surface area contributed by atoms with E-state index in [1.54, 1.807) is 0 Å². The van der Waals surface area contributed by atoms with Gasteiger partial charge in [0.2, 0.25) is 0 Å². The lowest BCUT2D eigenvalue weighted by Crippen LogP contribution is -2.21. The summed E-state index contributed by atoms with van der Waals surface area (Å²) in [6.45, 7) is 4.07. The second-order valence-electron chi connectivity index (χ2n) is 4.00. The Bertz CT molecular complexity index is 285. The fourth-order valence-electron chi connectivity index (χ4n) is 1.49. The minimum atomic E-state index is 0.686. The van der Waals surface area contributed by atoms with E-state index in [1.165, 1.54) is 0 Å². The first-order valence-corrected chi connectivity index (χ1v) is 5.74. The Balaban J connectivity index is 2.33. The molecule has 0 saturated carbocycles. The lowest BCUT2D eigenvalue weighted by atomic mass is 10.3. The van der Waals surface area contributed by atoms with Crippen molar-refractivity contribution in [3.05, 3.63) is 11.9 Å². The van der Waals surface area contributed by atoms with Crippen LogP contribution >= 0.6 is 0 Å². The molecule has 0 aliphatic rings. The molecule has 6 nitrogen and oxygen atoms in total. The topological polar surface area (TPSA) is 86.0 Å². The van der Waals surface area contributed by atoms with Crippen LogP contribution in [0.25, 0.3) is 0 Å². The summed E-state index contributed by atoms with van der Waals surface area (Å²) in [6, 6.07) is 0. The van der Waals surface area contributed by atoms with Gasteiger partial charge in [-0.2, -0.15) is 0 Å². The molecular formula is C10H22N6. The summed E-state index contributed by atoms with van der Waals surface area (Å²) in [6.07, 6.45) is 3.93. The quantitative estimate of drug-likeness (QED) is 0.618. The van der Waals surface area contributed by atoms with Crippen LogP contribution in [0.2, 0.25) is 0 Å². The molecule has 1 aromatic rings. The van der Waals surface area contributed by atoms with Crippen LogP contribution in [0.4, 0.5) is 0 Å². The van der Waals surface area contributed by atoms with Crippen LogP contribution in [-0.2, 0) is 13.1 Å². The van der Waals surface area contributed by atoms with E-state index in [1.807, 2.05) is 10.9 Å². The molecule has 0 unspecified atom stereocenters. The van der Waals surface area contributed by atoms with Gasteiger partial charge in [0.25, 0.3) is 0 Å². The Kier molecular flexibility index (Phi) is 5.99. The molecule has 0 aromatic carbocycles. The van der Waals surface area contributed by atoms with Crippen molar-refractivity contribution < 1.29 is 0 Å². The minimum Gasteiger partial charge on any atom is -0.330 e. The molecule has 16 heavy (non-hydrogen) atoms. The Labute approximate surface area is 96.6 Å². The van der Waals surface area contributed by atoms with E-state index in [4.69, 9.17) is 11.5 Å². The summed E-state index contributed by atoms with van der Waals surface area (Å²) in [4.78, 5) is 2.20. The Morgan fingerprint density at radius 1 is 1.31 bits per heavy atom. The molecule has 0 radical (unpaired) electrons. The van der Waals surface area contributed by atoms with Crippen LogP contribution < -0.4 is 11.5 Å². The standard InChI is InChI=1S/C10H22N6/c1-15(6-2-4-11)8-10-9-16(14-13-10)7-3-5-12/h9H,2-8,11-12H2,1H3. The van der Waals surface area contributed by atoms with Gasteiger partial charge < -0.3 is 16.4 Å². The highest BCUT2D eigenvalue weighted by Gasteiger charge is 2.04. The summed E-state index contributed by atoms with van der Waals surface area (Å²) in [5.74, 6) is 0. The van der Waals surface area contributed by atoms with Crippen molar-refractivity contribution in [3.8, 4) is 0 Å². The Morgan fingerprint density at radius 2 is 2.06 bits per heavy atom. The highest BCUT2D eigenvalue weighted by Crippen LogP contribution is 1.99. The van der Waals surface area contributed by atoms with Gasteiger partial charge in [-0.25, -0.2) is 0 Å². The van der Waals surface area contributed by atoms with Gasteiger partial charge in [0.1, 0.15) is 0 Å². The average molecular weight is 226 g/mol. The third-order valence-electron chi connectivity index (χ3n) is 2.35. The molecule has 0 atom stereocenters.